The van der Waals surface area contributed by atoms with Gasteiger partial charge >= 0.3 is 0 Å². The van der Waals surface area contributed by atoms with Crippen LogP contribution in [0.4, 0.5) is 0 Å². The van der Waals surface area contributed by atoms with Gasteiger partial charge in [0, 0.05) is 23.7 Å². The molecule has 3 N–H and O–H groups in total. The molecule has 0 atom stereocenters. The minimum absolute atomic E-state index is 0.0120. The first kappa shape index (κ1) is 14.1. The number of pyridine rings is 1. The third kappa shape index (κ3) is 3.08. The van der Waals surface area contributed by atoms with E-state index in [1.54, 1.807) is 0 Å². The van der Waals surface area contributed by atoms with E-state index in [0.29, 0.717) is 6.42 Å². The number of hydrogen-bond acceptors (Lipinski definition) is 2. The normalized spacial score (nSPS) is 17.6. The van der Waals surface area contributed by atoms with E-state index in [9.17, 15) is 4.79 Å². The first-order valence-electron chi connectivity index (χ1n) is 7.72. The highest BCUT2D eigenvalue weighted by Crippen LogP contribution is 2.34. The van der Waals surface area contributed by atoms with Crippen LogP contribution in [0.3, 0.4) is 0 Å². The van der Waals surface area contributed by atoms with Crippen molar-refractivity contribution >= 4 is 0 Å². The van der Waals surface area contributed by atoms with Crippen molar-refractivity contribution in [2.75, 3.05) is 0 Å². The molecule has 1 aliphatic rings. The highest BCUT2D eigenvalue weighted by molar-refractivity contribution is 5.30. The number of rotatable bonds is 3. The molecule has 3 heteroatoms. The summed E-state index contributed by atoms with van der Waals surface area (Å²) in [5, 5.41) is 0. The molecule has 0 saturated heterocycles. The van der Waals surface area contributed by atoms with Gasteiger partial charge in [-0.25, -0.2) is 0 Å². The van der Waals surface area contributed by atoms with E-state index in [-0.39, 0.29) is 11.1 Å². The van der Waals surface area contributed by atoms with Crippen LogP contribution >= 0.6 is 0 Å². The maximum atomic E-state index is 12.1. The Morgan fingerprint density at radius 3 is 2.52 bits per heavy atom. The zero-order chi connectivity index (χ0) is 14.7. The minimum Gasteiger partial charge on any atom is -0.329 e. The molecule has 0 aliphatic heterocycles. The van der Waals surface area contributed by atoms with E-state index in [1.165, 1.54) is 19.3 Å². The zero-order valence-electron chi connectivity index (χ0n) is 12.3. The van der Waals surface area contributed by atoms with E-state index >= 15 is 0 Å². The van der Waals surface area contributed by atoms with Gasteiger partial charge in [-0.05, 0) is 30.0 Å². The smallest absolute Gasteiger partial charge is 0.251 e. The molecule has 3 rings (SSSR count). The Kier molecular flexibility index (Phi) is 3.93. The maximum absolute atomic E-state index is 12.1. The molecule has 1 saturated carbocycles. The topological polar surface area (TPSA) is 58.9 Å². The van der Waals surface area contributed by atoms with E-state index in [0.717, 1.165) is 29.5 Å². The van der Waals surface area contributed by atoms with Crippen molar-refractivity contribution < 1.29 is 0 Å². The van der Waals surface area contributed by atoms with E-state index in [1.807, 2.05) is 42.6 Å². The monoisotopic (exact) mass is 282 g/mol. The lowest BCUT2D eigenvalue weighted by atomic mass is 9.77. The molecule has 0 radical (unpaired) electrons. The van der Waals surface area contributed by atoms with Crippen molar-refractivity contribution in [2.45, 2.75) is 44.1 Å². The first-order valence-corrected chi connectivity index (χ1v) is 7.72. The fourth-order valence-corrected chi connectivity index (χ4v) is 3.24. The summed E-state index contributed by atoms with van der Waals surface area (Å²) in [5.41, 5.74) is 9.31. The number of nitrogens with one attached hydrogen (secondary N) is 1. The van der Waals surface area contributed by atoms with Crippen molar-refractivity contribution in [1.29, 1.82) is 0 Å². The largest absolute Gasteiger partial charge is 0.329 e. The molecule has 110 valence electrons. The standard InChI is InChI=1S/C18H22N2O/c19-18(9-5-2-6-10-18)16-12-15(17(21)20-13-16)11-14-7-3-1-4-8-14/h1,3-4,7-8,12-13H,2,5-6,9-11,19H2,(H,20,21). The minimum atomic E-state index is -0.270. The molecule has 3 nitrogen and oxygen atoms in total. The molecule has 1 heterocycles. The van der Waals surface area contributed by atoms with Crippen molar-refractivity contribution in [3.63, 3.8) is 0 Å². The van der Waals surface area contributed by atoms with E-state index in [2.05, 4.69) is 4.98 Å². The summed E-state index contributed by atoms with van der Waals surface area (Å²) < 4.78 is 0. The van der Waals surface area contributed by atoms with E-state index < -0.39 is 0 Å². The Balaban J connectivity index is 1.91. The van der Waals surface area contributed by atoms with E-state index in [4.69, 9.17) is 5.73 Å². The van der Waals surface area contributed by atoms with Crippen LogP contribution in [0, 0.1) is 0 Å². The summed E-state index contributed by atoms with van der Waals surface area (Å²) in [6, 6.07) is 12.1. The summed E-state index contributed by atoms with van der Waals surface area (Å²) in [7, 11) is 0. The number of H-pyrrole nitrogens is 1. The average Bonchev–Trinajstić information content (AvgIpc) is 2.51. The van der Waals surface area contributed by atoms with Crippen LogP contribution < -0.4 is 11.3 Å². The molecule has 0 spiro atoms. The van der Waals surface area contributed by atoms with Crippen LogP contribution in [0.2, 0.25) is 0 Å². The van der Waals surface area contributed by atoms with Gasteiger partial charge < -0.3 is 10.7 Å². The van der Waals surface area contributed by atoms with Gasteiger partial charge in [0.25, 0.3) is 5.56 Å². The molecule has 0 bridgehead atoms. The summed E-state index contributed by atoms with van der Waals surface area (Å²) in [5.74, 6) is 0. The Bertz CT molecular complexity index is 654. The highest BCUT2D eigenvalue weighted by atomic mass is 16.1. The Morgan fingerprint density at radius 2 is 1.81 bits per heavy atom. The van der Waals surface area contributed by atoms with Crippen LogP contribution in [-0.4, -0.2) is 4.98 Å². The zero-order valence-corrected chi connectivity index (χ0v) is 12.3. The molecule has 0 unspecified atom stereocenters. The van der Waals surface area contributed by atoms with Crippen LogP contribution in [0.25, 0.3) is 0 Å². The third-order valence-electron chi connectivity index (χ3n) is 4.54. The van der Waals surface area contributed by atoms with Gasteiger partial charge in [0.2, 0.25) is 0 Å². The third-order valence-corrected chi connectivity index (χ3v) is 4.54. The quantitative estimate of drug-likeness (QED) is 0.909. The van der Waals surface area contributed by atoms with Crippen molar-refractivity contribution in [1.82, 2.24) is 4.98 Å². The van der Waals surface area contributed by atoms with Crippen LogP contribution in [0.15, 0.2) is 47.4 Å². The lowest BCUT2D eigenvalue weighted by Gasteiger charge is -2.34. The van der Waals surface area contributed by atoms with Gasteiger partial charge in [0.15, 0.2) is 0 Å². The fourth-order valence-electron chi connectivity index (χ4n) is 3.24. The van der Waals surface area contributed by atoms with Crippen molar-refractivity contribution in [2.24, 2.45) is 5.73 Å². The predicted octanol–water partition coefficient (Wildman–Crippen LogP) is 3.08. The highest BCUT2D eigenvalue weighted by Gasteiger charge is 2.29. The van der Waals surface area contributed by atoms with Gasteiger partial charge in [-0.3, -0.25) is 4.79 Å². The Hall–Kier alpha value is -1.87. The number of benzene rings is 1. The number of aromatic amines is 1. The molecule has 1 aliphatic carbocycles. The molecule has 1 aromatic carbocycles. The summed E-state index contributed by atoms with van der Waals surface area (Å²) in [6.45, 7) is 0. The second kappa shape index (κ2) is 5.86. The number of hydrogen-bond donors (Lipinski definition) is 2. The summed E-state index contributed by atoms with van der Waals surface area (Å²) in [6.07, 6.45) is 8.07. The summed E-state index contributed by atoms with van der Waals surface area (Å²) >= 11 is 0. The lowest BCUT2D eigenvalue weighted by Crippen LogP contribution is -2.39. The van der Waals surface area contributed by atoms with Gasteiger partial charge in [-0.1, -0.05) is 49.6 Å². The molecule has 0 amide bonds. The van der Waals surface area contributed by atoms with Crippen LogP contribution in [0.1, 0.15) is 48.8 Å². The summed E-state index contributed by atoms with van der Waals surface area (Å²) in [4.78, 5) is 14.9. The van der Waals surface area contributed by atoms with Gasteiger partial charge in [0.1, 0.15) is 0 Å². The number of nitrogens with two attached hydrogens (primary N) is 1. The van der Waals surface area contributed by atoms with Gasteiger partial charge in [-0.15, -0.1) is 0 Å². The molecule has 1 aromatic heterocycles. The van der Waals surface area contributed by atoms with Crippen LogP contribution in [0.5, 0.6) is 0 Å². The molecule has 21 heavy (non-hydrogen) atoms. The molecular formula is C18H22N2O. The van der Waals surface area contributed by atoms with Gasteiger partial charge in [0.05, 0.1) is 0 Å². The first-order chi connectivity index (χ1) is 10.2. The fraction of sp³-hybridized carbons (Fsp3) is 0.389. The number of aromatic nitrogens is 1. The second-order valence-electron chi connectivity index (χ2n) is 6.12. The second-order valence-corrected chi connectivity index (χ2v) is 6.12. The molecule has 1 fully saturated rings. The van der Waals surface area contributed by atoms with Crippen molar-refractivity contribution in [3.8, 4) is 0 Å². The molecule has 2 aromatic rings. The molecular weight excluding hydrogens is 260 g/mol. The average molecular weight is 282 g/mol. The SMILES string of the molecule is NC1(c2c[nH]c(=O)c(Cc3ccccc3)c2)CCCCC1. The maximum Gasteiger partial charge on any atom is 0.251 e. The van der Waals surface area contributed by atoms with Crippen LogP contribution in [-0.2, 0) is 12.0 Å². The van der Waals surface area contributed by atoms with Crippen molar-refractivity contribution in [3.05, 3.63) is 69.6 Å². The van der Waals surface area contributed by atoms with Gasteiger partial charge in [-0.2, -0.15) is 0 Å². The lowest BCUT2D eigenvalue weighted by molar-refractivity contribution is 0.301. The predicted molar refractivity (Wildman–Crippen MR) is 85.3 cm³/mol. The Labute approximate surface area is 125 Å². The Morgan fingerprint density at radius 1 is 1.10 bits per heavy atom.